The third-order valence-electron chi connectivity index (χ3n) is 2.77. The van der Waals surface area contributed by atoms with Crippen molar-refractivity contribution in [1.82, 2.24) is 5.32 Å². The summed E-state index contributed by atoms with van der Waals surface area (Å²) < 4.78 is 11.0. The number of benzene rings is 1. The molecule has 5 nitrogen and oxygen atoms in total. The molecule has 1 aliphatic heterocycles. The first-order chi connectivity index (χ1) is 9.70. The smallest absolute Gasteiger partial charge is 0.188 e. The van der Waals surface area contributed by atoms with Crippen molar-refractivity contribution in [1.29, 1.82) is 0 Å². The number of guanidine groups is 1. The van der Waals surface area contributed by atoms with Gasteiger partial charge in [-0.15, -0.1) is 6.58 Å². The zero-order chi connectivity index (χ0) is 14.4. The number of aliphatic imine (C=N–C) groups is 1. The summed E-state index contributed by atoms with van der Waals surface area (Å²) in [5.41, 5.74) is 6.73. The minimum Gasteiger partial charge on any atom is -0.486 e. The zero-order valence-electron chi connectivity index (χ0n) is 11.2. The molecule has 0 unspecified atom stereocenters. The Kier molecular flexibility index (Phi) is 5.12. The number of halogens is 1. The number of nitrogens with one attached hydrogen (secondary N) is 1. The molecule has 1 aromatic carbocycles. The molecule has 3 N–H and O–H groups in total. The quantitative estimate of drug-likeness (QED) is 0.493. The third kappa shape index (κ3) is 3.81. The van der Waals surface area contributed by atoms with Crippen LogP contribution in [0, 0.1) is 0 Å². The number of rotatable bonds is 5. The Morgan fingerprint density at radius 1 is 1.45 bits per heavy atom. The van der Waals surface area contributed by atoms with Gasteiger partial charge in [-0.25, -0.2) is 0 Å². The Morgan fingerprint density at radius 2 is 2.25 bits per heavy atom. The Balaban J connectivity index is 1.96. The second-order valence-corrected chi connectivity index (χ2v) is 4.70. The monoisotopic (exact) mass is 295 g/mol. The van der Waals surface area contributed by atoms with E-state index in [2.05, 4.69) is 16.9 Å². The van der Waals surface area contributed by atoms with E-state index < -0.39 is 0 Å². The van der Waals surface area contributed by atoms with Gasteiger partial charge in [-0.2, -0.15) is 0 Å². The maximum absolute atomic E-state index is 6.17. The summed E-state index contributed by atoms with van der Waals surface area (Å²) in [6.45, 7) is 5.85. The summed E-state index contributed by atoms with van der Waals surface area (Å²) in [5.74, 6) is 1.73. The molecule has 0 fully saturated rings. The molecule has 0 spiro atoms. The van der Waals surface area contributed by atoms with E-state index in [9.17, 15) is 0 Å². The van der Waals surface area contributed by atoms with Crippen LogP contribution in [0.2, 0.25) is 5.02 Å². The van der Waals surface area contributed by atoms with Crippen molar-refractivity contribution >= 4 is 17.6 Å². The van der Waals surface area contributed by atoms with E-state index >= 15 is 0 Å². The molecule has 0 saturated heterocycles. The van der Waals surface area contributed by atoms with Crippen LogP contribution in [0.5, 0.6) is 11.5 Å². The first-order valence-electron chi connectivity index (χ1n) is 6.43. The summed E-state index contributed by atoms with van der Waals surface area (Å²) >= 11 is 6.17. The van der Waals surface area contributed by atoms with Crippen LogP contribution < -0.4 is 20.5 Å². The summed E-state index contributed by atoms with van der Waals surface area (Å²) in [7, 11) is 0. The molecule has 0 aliphatic carbocycles. The average molecular weight is 296 g/mol. The molecule has 1 aliphatic rings. The van der Waals surface area contributed by atoms with Gasteiger partial charge in [-0.05, 0) is 24.1 Å². The van der Waals surface area contributed by atoms with Crippen LogP contribution in [0.3, 0.4) is 0 Å². The average Bonchev–Trinajstić information content (AvgIpc) is 2.45. The van der Waals surface area contributed by atoms with E-state index in [1.807, 2.05) is 12.1 Å². The van der Waals surface area contributed by atoms with Crippen molar-refractivity contribution in [2.75, 3.05) is 26.3 Å². The maximum Gasteiger partial charge on any atom is 0.188 e. The van der Waals surface area contributed by atoms with Gasteiger partial charge < -0.3 is 20.5 Å². The molecule has 0 atom stereocenters. The van der Waals surface area contributed by atoms with Crippen LogP contribution >= 0.6 is 11.6 Å². The van der Waals surface area contributed by atoms with Crippen molar-refractivity contribution in [3.63, 3.8) is 0 Å². The lowest BCUT2D eigenvalue weighted by Gasteiger charge is -2.20. The van der Waals surface area contributed by atoms with Crippen LogP contribution in [-0.2, 0) is 6.42 Å². The number of hydrogen-bond donors (Lipinski definition) is 2. The zero-order valence-corrected chi connectivity index (χ0v) is 11.9. The molecule has 20 heavy (non-hydrogen) atoms. The maximum atomic E-state index is 6.17. The predicted octanol–water partition coefficient (Wildman–Crippen LogP) is 1.74. The van der Waals surface area contributed by atoms with Crippen molar-refractivity contribution in [3.8, 4) is 11.5 Å². The summed E-state index contributed by atoms with van der Waals surface area (Å²) in [4.78, 5) is 4.22. The molecule has 108 valence electrons. The lowest BCUT2D eigenvalue weighted by Crippen LogP contribution is -2.31. The molecule has 0 aromatic heterocycles. The highest BCUT2D eigenvalue weighted by molar-refractivity contribution is 6.32. The number of nitrogens with zero attached hydrogens (tertiary/aromatic N) is 1. The molecule has 2 rings (SSSR count). The van der Waals surface area contributed by atoms with Crippen LogP contribution in [-0.4, -0.2) is 32.3 Å². The Morgan fingerprint density at radius 3 is 3.05 bits per heavy atom. The van der Waals surface area contributed by atoms with Gasteiger partial charge in [0.15, 0.2) is 17.5 Å². The topological polar surface area (TPSA) is 68.9 Å². The third-order valence-corrected chi connectivity index (χ3v) is 3.05. The molecule has 0 radical (unpaired) electrons. The largest absolute Gasteiger partial charge is 0.486 e. The van der Waals surface area contributed by atoms with Crippen molar-refractivity contribution in [2.45, 2.75) is 6.42 Å². The van der Waals surface area contributed by atoms with Gasteiger partial charge in [0.25, 0.3) is 0 Å². The number of hydrogen-bond acceptors (Lipinski definition) is 3. The van der Waals surface area contributed by atoms with Gasteiger partial charge in [0, 0.05) is 13.1 Å². The summed E-state index contributed by atoms with van der Waals surface area (Å²) in [5, 5.41) is 3.49. The van der Waals surface area contributed by atoms with E-state index in [1.54, 1.807) is 6.08 Å². The van der Waals surface area contributed by atoms with Crippen LogP contribution in [0.1, 0.15) is 5.56 Å². The van der Waals surface area contributed by atoms with Crippen LogP contribution in [0.25, 0.3) is 0 Å². The van der Waals surface area contributed by atoms with Gasteiger partial charge in [-0.3, -0.25) is 4.99 Å². The molecule has 0 amide bonds. The molecule has 0 saturated carbocycles. The minimum absolute atomic E-state index is 0.411. The fourth-order valence-corrected chi connectivity index (χ4v) is 2.13. The second-order valence-electron chi connectivity index (χ2n) is 4.29. The second kappa shape index (κ2) is 7.05. The van der Waals surface area contributed by atoms with E-state index in [4.69, 9.17) is 26.8 Å². The molecule has 1 aromatic rings. The normalized spacial score (nSPS) is 13.9. The van der Waals surface area contributed by atoms with E-state index in [-0.39, 0.29) is 0 Å². The Labute approximate surface area is 123 Å². The molecule has 0 bridgehead atoms. The van der Waals surface area contributed by atoms with Crippen molar-refractivity contribution in [3.05, 3.63) is 35.4 Å². The fraction of sp³-hybridized carbons (Fsp3) is 0.357. The van der Waals surface area contributed by atoms with Crippen molar-refractivity contribution < 1.29 is 9.47 Å². The van der Waals surface area contributed by atoms with E-state index in [1.165, 1.54) is 0 Å². The summed E-state index contributed by atoms with van der Waals surface area (Å²) in [6.07, 6.45) is 2.45. The fourth-order valence-electron chi connectivity index (χ4n) is 1.85. The van der Waals surface area contributed by atoms with Gasteiger partial charge in [0.2, 0.25) is 0 Å². The molecule has 1 heterocycles. The minimum atomic E-state index is 0.411. The standard InChI is InChI=1S/C14H18ClN3O2/c1-2-4-17-14(16)18-5-3-10-8-11(15)13-12(9-10)19-6-7-20-13/h2,8-9H,1,3-7H2,(H3,16,17,18). The summed E-state index contributed by atoms with van der Waals surface area (Å²) in [6, 6.07) is 3.81. The Bertz CT molecular complexity index is 517. The van der Waals surface area contributed by atoms with Crippen molar-refractivity contribution in [2.24, 2.45) is 10.7 Å². The Hall–Kier alpha value is -1.88. The lowest BCUT2D eigenvalue weighted by atomic mass is 10.1. The van der Waals surface area contributed by atoms with Crippen LogP contribution in [0.15, 0.2) is 29.8 Å². The molecular formula is C14H18ClN3O2. The highest BCUT2D eigenvalue weighted by Crippen LogP contribution is 2.38. The molecule has 6 heteroatoms. The van der Waals surface area contributed by atoms with Crippen LogP contribution in [0.4, 0.5) is 0 Å². The van der Waals surface area contributed by atoms with Gasteiger partial charge in [-0.1, -0.05) is 17.7 Å². The van der Waals surface area contributed by atoms with E-state index in [0.29, 0.717) is 48.8 Å². The first-order valence-corrected chi connectivity index (χ1v) is 6.81. The SMILES string of the molecule is C=CCNC(N)=NCCc1cc(Cl)c2c(c1)OCCO2. The highest BCUT2D eigenvalue weighted by Gasteiger charge is 2.16. The van der Waals surface area contributed by atoms with Gasteiger partial charge in [0.05, 0.1) is 5.02 Å². The number of ether oxygens (including phenoxy) is 2. The number of nitrogens with two attached hydrogens (primary N) is 1. The number of fused-ring (bicyclic) bond motifs is 1. The molecular weight excluding hydrogens is 278 g/mol. The van der Waals surface area contributed by atoms with Gasteiger partial charge >= 0.3 is 0 Å². The lowest BCUT2D eigenvalue weighted by molar-refractivity contribution is 0.171. The van der Waals surface area contributed by atoms with E-state index in [0.717, 1.165) is 12.0 Å². The first kappa shape index (κ1) is 14.5. The highest BCUT2D eigenvalue weighted by atomic mass is 35.5. The van der Waals surface area contributed by atoms with Gasteiger partial charge in [0.1, 0.15) is 13.2 Å². The predicted molar refractivity (Wildman–Crippen MR) is 80.8 cm³/mol.